The molecular formula is C17H24N2O3. The van der Waals surface area contributed by atoms with E-state index in [2.05, 4.69) is 5.32 Å². The predicted octanol–water partition coefficient (Wildman–Crippen LogP) is 2.21. The third kappa shape index (κ3) is 4.56. The Hall–Kier alpha value is -1.88. The number of amides is 2. The number of para-hydroxylation sites is 1. The Morgan fingerprint density at radius 1 is 1.36 bits per heavy atom. The summed E-state index contributed by atoms with van der Waals surface area (Å²) in [5, 5.41) is 2.90. The molecule has 1 aliphatic rings. The summed E-state index contributed by atoms with van der Waals surface area (Å²) in [5.74, 6) is -0.275. The number of benzene rings is 1. The normalized spacial score (nSPS) is 17.3. The maximum absolute atomic E-state index is 12.2. The van der Waals surface area contributed by atoms with E-state index in [9.17, 15) is 9.59 Å². The minimum Gasteiger partial charge on any atom is -0.376 e. The van der Waals surface area contributed by atoms with E-state index in [4.69, 9.17) is 4.74 Å². The highest BCUT2D eigenvalue weighted by molar-refractivity contribution is 5.94. The Morgan fingerprint density at radius 2 is 2.14 bits per heavy atom. The number of hydrogen-bond donors (Lipinski definition) is 1. The molecule has 1 aromatic rings. The second-order valence-electron chi connectivity index (χ2n) is 5.59. The smallest absolute Gasteiger partial charge is 0.244 e. The van der Waals surface area contributed by atoms with Crippen molar-refractivity contribution in [2.24, 2.45) is 0 Å². The molecule has 0 aliphatic carbocycles. The number of hydrogen-bond acceptors (Lipinski definition) is 3. The minimum absolute atomic E-state index is 0.0552. The largest absolute Gasteiger partial charge is 0.376 e. The third-order valence-electron chi connectivity index (χ3n) is 3.90. The summed E-state index contributed by atoms with van der Waals surface area (Å²) in [6, 6.07) is 7.72. The van der Waals surface area contributed by atoms with E-state index in [1.54, 1.807) is 4.90 Å². The molecule has 1 aliphatic heterocycles. The summed E-state index contributed by atoms with van der Waals surface area (Å²) in [6.07, 6.45) is 2.87. The number of rotatable bonds is 6. The highest BCUT2D eigenvalue weighted by Crippen LogP contribution is 2.16. The fourth-order valence-electron chi connectivity index (χ4n) is 2.65. The van der Waals surface area contributed by atoms with Gasteiger partial charge in [-0.1, -0.05) is 25.1 Å². The molecule has 5 heteroatoms. The van der Waals surface area contributed by atoms with Gasteiger partial charge in [-0.2, -0.15) is 0 Å². The lowest BCUT2D eigenvalue weighted by Crippen LogP contribution is -2.41. The van der Waals surface area contributed by atoms with Crippen molar-refractivity contribution in [1.82, 2.24) is 4.90 Å². The van der Waals surface area contributed by atoms with Gasteiger partial charge in [-0.25, -0.2) is 0 Å². The lowest BCUT2D eigenvalue weighted by atomic mass is 10.1. The molecule has 1 atom stereocenters. The molecule has 1 heterocycles. The lowest BCUT2D eigenvalue weighted by Gasteiger charge is -2.23. The molecule has 0 spiro atoms. The van der Waals surface area contributed by atoms with Crippen LogP contribution in [0.4, 0.5) is 5.69 Å². The summed E-state index contributed by atoms with van der Waals surface area (Å²) >= 11 is 0. The first kappa shape index (κ1) is 16.5. The number of ether oxygens (including phenoxy) is 1. The van der Waals surface area contributed by atoms with Crippen molar-refractivity contribution in [3.63, 3.8) is 0 Å². The highest BCUT2D eigenvalue weighted by atomic mass is 16.5. The van der Waals surface area contributed by atoms with Crippen molar-refractivity contribution in [2.45, 2.75) is 39.2 Å². The third-order valence-corrected chi connectivity index (χ3v) is 3.90. The van der Waals surface area contributed by atoms with Crippen molar-refractivity contribution in [3.8, 4) is 0 Å². The summed E-state index contributed by atoms with van der Waals surface area (Å²) < 4.78 is 5.54. The van der Waals surface area contributed by atoms with Gasteiger partial charge in [0, 0.05) is 25.8 Å². The molecule has 22 heavy (non-hydrogen) atoms. The second-order valence-corrected chi connectivity index (χ2v) is 5.59. The number of carbonyl (C=O) groups excluding carboxylic acids is 2. The lowest BCUT2D eigenvalue weighted by molar-refractivity contribution is -0.134. The van der Waals surface area contributed by atoms with Gasteiger partial charge in [-0.05, 0) is 30.9 Å². The van der Waals surface area contributed by atoms with Crippen LogP contribution < -0.4 is 5.32 Å². The monoisotopic (exact) mass is 304 g/mol. The van der Waals surface area contributed by atoms with Crippen LogP contribution in [0.15, 0.2) is 24.3 Å². The Balaban J connectivity index is 1.94. The van der Waals surface area contributed by atoms with Crippen LogP contribution in [0.1, 0.15) is 32.3 Å². The molecule has 1 fully saturated rings. The molecule has 5 nitrogen and oxygen atoms in total. The van der Waals surface area contributed by atoms with Gasteiger partial charge in [0.15, 0.2) is 0 Å². The Kier molecular flexibility index (Phi) is 5.95. The maximum atomic E-state index is 12.2. The number of carbonyl (C=O) groups is 2. The SMILES string of the molecule is CCc1ccccc1NC(=O)CN(CC1CCCO1)C(C)=O. The Bertz CT molecular complexity index is 524. The standard InChI is InChI=1S/C17H24N2O3/c1-3-14-7-4-5-9-16(14)18-17(21)12-19(13(2)20)11-15-8-6-10-22-15/h4-5,7,9,15H,3,6,8,10-12H2,1-2H3,(H,18,21). The minimum atomic E-state index is -0.172. The Labute approximate surface area is 131 Å². The molecule has 0 aromatic heterocycles. The van der Waals surface area contributed by atoms with Crippen molar-refractivity contribution in [1.29, 1.82) is 0 Å². The second kappa shape index (κ2) is 7.94. The van der Waals surface area contributed by atoms with Crippen molar-refractivity contribution in [2.75, 3.05) is 25.0 Å². The molecule has 1 aromatic carbocycles. The number of nitrogens with zero attached hydrogens (tertiary/aromatic N) is 1. The van der Waals surface area contributed by atoms with Crippen molar-refractivity contribution >= 4 is 17.5 Å². The van der Waals surface area contributed by atoms with Gasteiger partial charge in [0.05, 0.1) is 12.6 Å². The van der Waals surface area contributed by atoms with Gasteiger partial charge in [-0.3, -0.25) is 9.59 Å². The fourth-order valence-corrected chi connectivity index (χ4v) is 2.65. The van der Waals surface area contributed by atoms with Crippen LogP contribution in [0.5, 0.6) is 0 Å². The Morgan fingerprint density at radius 3 is 2.77 bits per heavy atom. The summed E-state index contributed by atoms with van der Waals surface area (Å²) in [7, 11) is 0. The molecule has 2 rings (SSSR count). The topological polar surface area (TPSA) is 58.6 Å². The number of anilines is 1. The average molecular weight is 304 g/mol. The first-order valence-electron chi connectivity index (χ1n) is 7.85. The van der Waals surface area contributed by atoms with Crippen LogP contribution in [0.3, 0.4) is 0 Å². The number of nitrogens with one attached hydrogen (secondary N) is 1. The van der Waals surface area contributed by atoms with Crippen molar-refractivity contribution < 1.29 is 14.3 Å². The van der Waals surface area contributed by atoms with E-state index in [-0.39, 0.29) is 24.5 Å². The van der Waals surface area contributed by atoms with E-state index in [1.165, 1.54) is 6.92 Å². The van der Waals surface area contributed by atoms with Gasteiger partial charge in [0.25, 0.3) is 0 Å². The molecule has 0 saturated carbocycles. The quantitative estimate of drug-likeness (QED) is 0.876. The zero-order chi connectivity index (χ0) is 15.9. The zero-order valence-electron chi connectivity index (χ0n) is 13.3. The van der Waals surface area contributed by atoms with Gasteiger partial charge < -0.3 is 15.0 Å². The molecule has 1 saturated heterocycles. The molecule has 1 N–H and O–H groups in total. The average Bonchev–Trinajstić information content (AvgIpc) is 3.00. The maximum Gasteiger partial charge on any atom is 0.244 e. The first-order chi connectivity index (χ1) is 10.6. The van der Waals surface area contributed by atoms with Gasteiger partial charge >= 0.3 is 0 Å². The highest BCUT2D eigenvalue weighted by Gasteiger charge is 2.22. The number of aryl methyl sites for hydroxylation is 1. The molecule has 2 amide bonds. The summed E-state index contributed by atoms with van der Waals surface area (Å²) in [4.78, 5) is 25.5. The molecule has 0 bridgehead atoms. The van der Waals surface area contributed by atoms with Crippen LogP contribution in [0, 0.1) is 0 Å². The summed E-state index contributed by atoms with van der Waals surface area (Å²) in [6.45, 7) is 4.82. The van der Waals surface area contributed by atoms with Crippen LogP contribution in [-0.4, -0.2) is 42.5 Å². The van der Waals surface area contributed by atoms with E-state index < -0.39 is 0 Å². The molecule has 120 valence electrons. The van der Waals surface area contributed by atoms with Crippen LogP contribution >= 0.6 is 0 Å². The van der Waals surface area contributed by atoms with Gasteiger partial charge in [-0.15, -0.1) is 0 Å². The van der Waals surface area contributed by atoms with Crippen LogP contribution in [0.2, 0.25) is 0 Å². The van der Waals surface area contributed by atoms with E-state index in [0.717, 1.165) is 37.1 Å². The molecular weight excluding hydrogens is 280 g/mol. The molecule has 0 radical (unpaired) electrons. The summed E-state index contributed by atoms with van der Waals surface area (Å²) in [5.41, 5.74) is 1.90. The van der Waals surface area contributed by atoms with E-state index >= 15 is 0 Å². The fraction of sp³-hybridized carbons (Fsp3) is 0.529. The zero-order valence-corrected chi connectivity index (χ0v) is 13.3. The van der Waals surface area contributed by atoms with Gasteiger partial charge in [0.2, 0.25) is 11.8 Å². The predicted molar refractivity (Wildman–Crippen MR) is 85.7 cm³/mol. The van der Waals surface area contributed by atoms with Crippen molar-refractivity contribution in [3.05, 3.63) is 29.8 Å². The van der Waals surface area contributed by atoms with E-state index in [0.29, 0.717) is 6.54 Å². The first-order valence-corrected chi connectivity index (χ1v) is 7.85. The van der Waals surface area contributed by atoms with Gasteiger partial charge in [0.1, 0.15) is 0 Å². The van der Waals surface area contributed by atoms with E-state index in [1.807, 2.05) is 31.2 Å². The van der Waals surface area contributed by atoms with Crippen LogP contribution in [-0.2, 0) is 20.7 Å². The van der Waals surface area contributed by atoms with Crippen LogP contribution in [0.25, 0.3) is 0 Å². The molecule has 1 unspecified atom stereocenters.